The summed E-state index contributed by atoms with van der Waals surface area (Å²) in [7, 11) is 0. The molecule has 2 aliphatic rings. The lowest BCUT2D eigenvalue weighted by molar-refractivity contribution is -0.135. The number of urea groups is 1. The zero-order valence-electron chi connectivity index (χ0n) is 10.7. The van der Waals surface area contributed by atoms with Gasteiger partial charge in [-0.2, -0.15) is 0 Å². The predicted octanol–water partition coefficient (Wildman–Crippen LogP) is 0.755. The molecule has 1 heterocycles. The van der Waals surface area contributed by atoms with Gasteiger partial charge in [0.2, 0.25) is 5.91 Å². The monoisotopic (exact) mass is 239 g/mol. The van der Waals surface area contributed by atoms with Crippen LogP contribution in [0.4, 0.5) is 4.79 Å². The van der Waals surface area contributed by atoms with Crippen LogP contribution < -0.4 is 0 Å². The first kappa shape index (κ1) is 12.2. The number of amides is 3. The molecule has 2 fully saturated rings. The van der Waals surface area contributed by atoms with E-state index in [4.69, 9.17) is 0 Å². The van der Waals surface area contributed by atoms with Crippen LogP contribution in [0.5, 0.6) is 0 Å². The van der Waals surface area contributed by atoms with E-state index in [2.05, 4.69) is 0 Å². The van der Waals surface area contributed by atoms with E-state index in [9.17, 15) is 9.59 Å². The Morgan fingerprint density at radius 2 is 1.94 bits per heavy atom. The highest BCUT2D eigenvalue weighted by Gasteiger charge is 2.37. The molecule has 0 N–H and O–H groups in total. The molecule has 0 aromatic carbocycles. The van der Waals surface area contributed by atoms with Crippen molar-refractivity contribution < 1.29 is 9.59 Å². The van der Waals surface area contributed by atoms with Crippen LogP contribution in [0.25, 0.3) is 0 Å². The van der Waals surface area contributed by atoms with Crippen LogP contribution in [0, 0.1) is 0 Å². The third kappa shape index (κ3) is 2.53. The minimum absolute atomic E-state index is 0.00111. The van der Waals surface area contributed by atoms with Crippen molar-refractivity contribution in [3.05, 3.63) is 0 Å². The quantitative estimate of drug-likeness (QED) is 0.729. The van der Waals surface area contributed by atoms with Crippen molar-refractivity contribution in [3.63, 3.8) is 0 Å². The van der Waals surface area contributed by atoms with Crippen molar-refractivity contribution in [2.75, 3.05) is 32.7 Å². The number of rotatable bonds is 3. The molecule has 0 unspecified atom stereocenters. The summed E-state index contributed by atoms with van der Waals surface area (Å²) in [6.45, 7) is 6.96. The zero-order chi connectivity index (χ0) is 12.4. The molecule has 1 aliphatic heterocycles. The maximum absolute atomic E-state index is 12.1. The van der Waals surface area contributed by atoms with Gasteiger partial charge in [-0.15, -0.1) is 0 Å². The summed E-state index contributed by atoms with van der Waals surface area (Å²) in [5, 5.41) is 0. The Balaban J connectivity index is 1.91. The molecule has 0 atom stereocenters. The fourth-order valence-electron chi connectivity index (χ4n) is 2.32. The highest BCUT2D eigenvalue weighted by atomic mass is 16.2. The average Bonchev–Trinajstić information content (AvgIpc) is 3.14. The lowest BCUT2D eigenvalue weighted by atomic mass is 10.3. The van der Waals surface area contributed by atoms with E-state index in [1.807, 2.05) is 18.7 Å². The van der Waals surface area contributed by atoms with Crippen molar-refractivity contribution in [1.29, 1.82) is 0 Å². The van der Waals surface area contributed by atoms with Gasteiger partial charge in [0.15, 0.2) is 0 Å². The van der Waals surface area contributed by atoms with E-state index in [0.29, 0.717) is 32.2 Å². The number of carbonyl (C=O) groups excluding carboxylic acids is 2. The van der Waals surface area contributed by atoms with Crippen LogP contribution in [-0.2, 0) is 4.79 Å². The van der Waals surface area contributed by atoms with Crippen LogP contribution >= 0.6 is 0 Å². The van der Waals surface area contributed by atoms with Gasteiger partial charge in [0.25, 0.3) is 0 Å². The van der Waals surface area contributed by atoms with Gasteiger partial charge < -0.3 is 14.7 Å². The summed E-state index contributed by atoms with van der Waals surface area (Å²) < 4.78 is 0. The smallest absolute Gasteiger partial charge is 0.320 e. The Bertz CT molecular complexity index is 311. The molecule has 0 bridgehead atoms. The van der Waals surface area contributed by atoms with Crippen molar-refractivity contribution >= 4 is 11.9 Å². The third-order valence-electron chi connectivity index (χ3n) is 3.55. The molecule has 5 heteroatoms. The van der Waals surface area contributed by atoms with E-state index in [0.717, 1.165) is 12.8 Å². The lowest BCUT2D eigenvalue weighted by Crippen LogP contribution is -2.55. The second-order valence-electron chi connectivity index (χ2n) is 4.69. The molecule has 1 saturated carbocycles. The number of hydrogen-bond acceptors (Lipinski definition) is 2. The lowest BCUT2D eigenvalue weighted by Gasteiger charge is -2.36. The van der Waals surface area contributed by atoms with E-state index in [1.54, 1.807) is 9.80 Å². The Morgan fingerprint density at radius 3 is 2.41 bits per heavy atom. The largest absolute Gasteiger partial charge is 0.336 e. The summed E-state index contributed by atoms with van der Waals surface area (Å²) in [6, 6.07) is 0.465. The first-order valence-corrected chi connectivity index (χ1v) is 6.50. The SMILES string of the molecule is CCN(CC)C(=O)N1CCN(C2CC2)C(=O)C1. The first-order valence-electron chi connectivity index (χ1n) is 6.50. The first-order chi connectivity index (χ1) is 8.17. The van der Waals surface area contributed by atoms with Crippen LogP contribution in [0.2, 0.25) is 0 Å². The molecule has 96 valence electrons. The van der Waals surface area contributed by atoms with Gasteiger partial charge in [-0.1, -0.05) is 0 Å². The van der Waals surface area contributed by atoms with Gasteiger partial charge in [0.05, 0.1) is 0 Å². The van der Waals surface area contributed by atoms with Gasteiger partial charge in [-0.3, -0.25) is 4.79 Å². The molecule has 3 amide bonds. The number of piperazine rings is 1. The van der Waals surface area contributed by atoms with Crippen LogP contribution in [0.15, 0.2) is 0 Å². The van der Waals surface area contributed by atoms with Gasteiger partial charge in [-0.05, 0) is 26.7 Å². The van der Waals surface area contributed by atoms with Crippen molar-refractivity contribution in [2.24, 2.45) is 0 Å². The summed E-state index contributed by atoms with van der Waals surface area (Å²) >= 11 is 0. The van der Waals surface area contributed by atoms with Crippen molar-refractivity contribution in [3.8, 4) is 0 Å². The van der Waals surface area contributed by atoms with Gasteiger partial charge >= 0.3 is 6.03 Å². The summed E-state index contributed by atoms with van der Waals surface area (Å²) in [4.78, 5) is 29.4. The normalized spacial score (nSPS) is 20.7. The zero-order valence-corrected chi connectivity index (χ0v) is 10.7. The van der Waals surface area contributed by atoms with Crippen molar-refractivity contribution in [2.45, 2.75) is 32.7 Å². The maximum Gasteiger partial charge on any atom is 0.320 e. The molecule has 0 spiro atoms. The molecule has 17 heavy (non-hydrogen) atoms. The topological polar surface area (TPSA) is 43.9 Å². The Labute approximate surface area is 102 Å². The minimum atomic E-state index is -0.00111. The Hall–Kier alpha value is -1.26. The summed E-state index contributed by atoms with van der Waals surface area (Å²) in [6.07, 6.45) is 2.27. The van der Waals surface area contributed by atoms with Gasteiger partial charge in [0.1, 0.15) is 6.54 Å². The van der Waals surface area contributed by atoms with E-state index < -0.39 is 0 Å². The summed E-state index contributed by atoms with van der Waals surface area (Å²) in [5.41, 5.74) is 0. The molecule has 5 nitrogen and oxygen atoms in total. The third-order valence-corrected chi connectivity index (χ3v) is 3.55. The molecule has 0 radical (unpaired) electrons. The molecule has 0 aromatic heterocycles. The standard InChI is InChI=1S/C12H21N3O2/c1-3-13(4-2)12(17)14-7-8-15(10-5-6-10)11(16)9-14/h10H,3-9H2,1-2H3. The molecule has 2 rings (SSSR count). The predicted molar refractivity (Wildman–Crippen MR) is 64.6 cm³/mol. The van der Waals surface area contributed by atoms with Gasteiger partial charge in [-0.25, -0.2) is 4.79 Å². The minimum Gasteiger partial charge on any atom is -0.336 e. The van der Waals surface area contributed by atoms with E-state index >= 15 is 0 Å². The maximum atomic E-state index is 12.1. The molecular formula is C12H21N3O2. The highest BCUT2D eigenvalue weighted by Crippen LogP contribution is 2.28. The number of hydrogen-bond donors (Lipinski definition) is 0. The number of nitrogens with zero attached hydrogens (tertiary/aromatic N) is 3. The number of carbonyl (C=O) groups is 2. The van der Waals surface area contributed by atoms with Gasteiger partial charge in [0, 0.05) is 32.2 Å². The van der Waals surface area contributed by atoms with Crippen LogP contribution in [0.1, 0.15) is 26.7 Å². The van der Waals surface area contributed by atoms with Crippen LogP contribution in [0.3, 0.4) is 0 Å². The molecule has 1 aliphatic carbocycles. The van der Waals surface area contributed by atoms with Crippen molar-refractivity contribution in [1.82, 2.24) is 14.7 Å². The van der Waals surface area contributed by atoms with E-state index in [-0.39, 0.29) is 18.5 Å². The second kappa shape index (κ2) is 4.94. The molecule has 0 aromatic rings. The highest BCUT2D eigenvalue weighted by molar-refractivity contribution is 5.85. The van der Waals surface area contributed by atoms with E-state index in [1.165, 1.54) is 0 Å². The average molecular weight is 239 g/mol. The second-order valence-corrected chi connectivity index (χ2v) is 4.69. The van der Waals surface area contributed by atoms with Crippen LogP contribution in [-0.4, -0.2) is 65.4 Å². The molecule has 1 saturated heterocycles. The Morgan fingerprint density at radius 1 is 1.29 bits per heavy atom. The molecular weight excluding hydrogens is 218 g/mol. The Kier molecular flexibility index (Phi) is 3.54. The summed E-state index contributed by atoms with van der Waals surface area (Å²) in [5.74, 6) is 0.110. The fraction of sp³-hybridized carbons (Fsp3) is 0.833. The fourth-order valence-corrected chi connectivity index (χ4v) is 2.32.